The Morgan fingerprint density at radius 3 is 1.80 bits per heavy atom. The molecule has 526 valence electrons. The van der Waals surface area contributed by atoms with Crippen molar-refractivity contribution in [3.63, 3.8) is 0 Å². The van der Waals surface area contributed by atoms with Crippen LogP contribution >= 0.6 is 23.5 Å². The number of primary amides is 1. The number of carboxylic acids is 2. The first-order valence-electron chi connectivity index (χ1n) is 32.0. The first-order chi connectivity index (χ1) is 45.7. The maximum atomic E-state index is 14.9. The molecule has 0 unspecified atom stereocenters. The predicted octanol–water partition coefficient (Wildman–Crippen LogP) is -0.798. The molecule has 11 atom stereocenters. The van der Waals surface area contributed by atoms with Gasteiger partial charge in [-0.25, -0.2) is 0 Å². The zero-order chi connectivity index (χ0) is 70.2. The van der Waals surface area contributed by atoms with Crippen molar-refractivity contribution < 1.29 is 92.3 Å². The van der Waals surface area contributed by atoms with Crippen LogP contribution in [0.4, 0.5) is 0 Å². The van der Waals surface area contributed by atoms with Gasteiger partial charge in [0.1, 0.15) is 84.7 Å². The first-order valence-corrected chi connectivity index (χ1v) is 34.3. The number of nitrogens with zero attached hydrogens (tertiary/aromatic N) is 3. The average Bonchev–Trinajstić information content (AvgIpc) is 1.61. The second kappa shape index (κ2) is 37.5. The maximum absolute atomic E-state index is 14.9. The van der Waals surface area contributed by atoms with Crippen LogP contribution in [-0.4, -0.2) is 218 Å². The van der Waals surface area contributed by atoms with Gasteiger partial charge < -0.3 is 88.1 Å². The Labute approximate surface area is 563 Å². The highest BCUT2D eigenvalue weighted by Gasteiger charge is 2.44. The number of nitrogens with two attached hydrogens (primary N) is 1. The van der Waals surface area contributed by atoms with Gasteiger partial charge in [-0.1, -0.05) is 37.2 Å². The Bertz CT molecular complexity index is 3160. The second-order valence-corrected chi connectivity index (χ2v) is 26.5. The van der Waals surface area contributed by atoms with Gasteiger partial charge in [0.25, 0.3) is 5.91 Å². The van der Waals surface area contributed by atoms with Gasteiger partial charge in [-0.3, -0.25) is 62.3 Å². The minimum absolute atomic E-state index is 0.0147. The van der Waals surface area contributed by atoms with E-state index in [4.69, 9.17) is 15.3 Å². The quantitative estimate of drug-likeness (QED) is 0.131. The Hall–Kier alpha value is -8.72. The molecule has 0 spiro atoms. The number of hydrogen-bond donors (Lipinski definition) is 13. The number of benzene rings is 2. The fourth-order valence-corrected chi connectivity index (χ4v) is 13.2. The van der Waals surface area contributed by atoms with Gasteiger partial charge in [0.15, 0.2) is 0 Å². The number of aliphatic hydroxyl groups excluding tert-OH is 1. The van der Waals surface area contributed by atoms with Crippen molar-refractivity contribution in [2.75, 3.05) is 37.8 Å². The number of aromatic hydroxyl groups is 1. The molecular weight excluding hydrogens is 1290 g/mol. The summed E-state index contributed by atoms with van der Waals surface area (Å²) in [6.07, 6.45) is -0.0883. The van der Waals surface area contributed by atoms with Crippen molar-refractivity contribution in [2.45, 2.75) is 189 Å². The molecule has 0 aliphatic carbocycles. The molecule has 33 heteroatoms. The maximum Gasteiger partial charge on any atom is 0.305 e. The number of carboxylic acid groups (broad SMARTS) is 2. The number of phenols is 1. The molecule has 2 fully saturated rings. The smallest absolute Gasteiger partial charge is 0.305 e. The Kier molecular flexibility index (Phi) is 29.8. The molecule has 2 aromatic rings. The van der Waals surface area contributed by atoms with E-state index >= 15 is 0 Å². The molecule has 6 rings (SSSR count). The number of nitrogens with one attached hydrogen (secondary N) is 8. The highest BCUT2D eigenvalue weighted by atomic mass is 32.2. The van der Waals surface area contributed by atoms with E-state index in [0.29, 0.717) is 48.3 Å². The summed E-state index contributed by atoms with van der Waals surface area (Å²) in [7, 11) is 0. The van der Waals surface area contributed by atoms with Gasteiger partial charge in [0, 0.05) is 48.9 Å². The van der Waals surface area contributed by atoms with Gasteiger partial charge in [-0.15, -0.1) is 0 Å². The standard InChI is InChI=1S/C63H88N12O19S2/c1-34(2)23-43-57(86)68-45(28-52(81)82)59(88)73-53(36(4)76)63(92)75-20-10-12-49(75)61(90)70-44(27-37-13-15-40(77)16-14-37)58(87)67-42(17-18-51(79)80)56(85)71-46(54(64)83)32-95-30-38-24-39-26-41(25-38)93-21-7-5-6-8-22-94-65-29-50(78)66-35(3)55(84)72-47(33-96-31-39)62(91)74-19-9-11-48(74)60(89)69-43/h13-16,24-26,29,34-36,42-49,53,76-77H,5-12,17-23,27-28,30-33H2,1-4H3,(H2,64,83)(H,66,78)(H,67,87)(H,68,86)(H,69,89)(H,70,90)(H,71,85)(H,72,84)(H,73,88)(H,79,80)(H,81,82)/b65-29+/t35-,36+,42-,43-,44-,45-,46-,47-,48-,49-,53-/m0/s1. The molecule has 31 nitrogen and oxygen atoms in total. The van der Waals surface area contributed by atoms with Gasteiger partial charge in [-0.2, -0.15) is 23.5 Å². The summed E-state index contributed by atoms with van der Waals surface area (Å²) < 4.78 is 6.25. The molecule has 0 aromatic heterocycles. The Morgan fingerprint density at radius 1 is 0.635 bits per heavy atom. The lowest BCUT2D eigenvalue weighted by atomic mass is 10.0. The number of aliphatic hydroxyl groups is 1. The van der Waals surface area contributed by atoms with Crippen molar-refractivity contribution in [3.8, 4) is 11.5 Å². The number of phenolic OH excluding ortho intramolecular Hbond substituents is 1. The summed E-state index contributed by atoms with van der Waals surface area (Å²) in [4.78, 5) is 188. The number of rotatable bonds is 11. The molecule has 4 bridgehead atoms. The number of aliphatic carboxylic acids is 2. The van der Waals surface area contributed by atoms with Crippen LogP contribution in [0, 0.1) is 5.92 Å². The lowest BCUT2D eigenvalue weighted by Gasteiger charge is -2.32. The molecule has 14 N–H and O–H groups in total. The summed E-state index contributed by atoms with van der Waals surface area (Å²) in [6.45, 7) is 6.40. The fourth-order valence-electron chi connectivity index (χ4n) is 11.2. The van der Waals surface area contributed by atoms with E-state index in [1.807, 2.05) is 6.07 Å². The number of ether oxygens (including phenoxy) is 1. The van der Waals surface area contributed by atoms with E-state index in [2.05, 4.69) is 47.7 Å². The molecule has 4 aliphatic heterocycles. The number of thioether (sulfide) groups is 2. The third kappa shape index (κ3) is 23.9. The summed E-state index contributed by atoms with van der Waals surface area (Å²) in [6, 6.07) is -4.05. The van der Waals surface area contributed by atoms with Gasteiger partial charge >= 0.3 is 11.9 Å². The zero-order valence-corrected chi connectivity index (χ0v) is 55.7. The molecule has 4 heterocycles. The summed E-state index contributed by atoms with van der Waals surface area (Å²) in [5.74, 6) is -12.9. The van der Waals surface area contributed by atoms with Crippen LogP contribution in [0.1, 0.15) is 121 Å². The van der Waals surface area contributed by atoms with E-state index < -0.39 is 163 Å². The monoisotopic (exact) mass is 1380 g/mol. The SMILES string of the molecule is CC(C)C[C@@H]1NC(=O)[C@@H]2CCCN2C(=O)[C@@H]2CSCc3cc(cc(c3)OCCCCCCO/N=C/C(=O)N[C@@H](C)C(=O)N2)CSC[C@@H](C(N)=O)NC(=O)[C@H](CCC(=O)O)NC(=O)[C@H](Cc2ccc(O)cc2)NC(=O)[C@@H]2CCCN2C(=O)[C@H]([C@@H](C)O)NC(=O)[C@H](CC(=O)O)NC1=O. The van der Waals surface area contributed by atoms with Crippen LogP contribution in [0.2, 0.25) is 0 Å². The zero-order valence-electron chi connectivity index (χ0n) is 54.0. The predicted molar refractivity (Wildman–Crippen MR) is 349 cm³/mol. The van der Waals surface area contributed by atoms with Crippen molar-refractivity contribution in [1.29, 1.82) is 0 Å². The number of hydrogen-bond acceptors (Lipinski definition) is 20. The largest absolute Gasteiger partial charge is 0.508 e. The summed E-state index contributed by atoms with van der Waals surface area (Å²) in [5, 5.41) is 65.0. The highest BCUT2D eigenvalue weighted by Crippen LogP contribution is 2.28. The minimum atomic E-state index is -1.95. The average molecular weight is 1380 g/mol. The fraction of sp³-hybridized carbons (Fsp3) is 0.587. The van der Waals surface area contributed by atoms with Crippen molar-refractivity contribution in [3.05, 3.63) is 59.2 Å². The minimum Gasteiger partial charge on any atom is -0.508 e. The van der Waals surface area contributed by atoms with Crippen molar-refractivity contribution in [1.82, 2.24) is 52.3 Å². The van der Waals surface area contributed by atoms with Crippen LogP contribution in [-0.2, 0) is 85.1 Å². The topological polar surface area (TPSA) is 462 Å². The molecule has 4 aliphatic rings. The van der Waals surface area contributed by atoms with Crippen LogP contribution < -0.4 is 53.0 Å². The Balaban J connectivity index is 1.40. The van der Waals surface area contributed by atoms with Crippen LogP contribution in [0.25, 0.3) is 0 Å². The van der Waals surface area contributed by atoms with Crippen molar-refractivity contribution >= 4 is 107 Å². The van der Waals surface area contributed by atoms with Crippen LogP contribution in [0.5, 0.6) is 11.5 Å². The molecule has 2 saturated heterocycles. The number of amides is 11. The summed E-state index contributed by atoms with van der Waals surface area (Å²) in [5.41, 5.74) is 7.63. The third-order valence-electron chi connectivity index (χ3n) is 16.2. The molecular formula is C63H88N12O19S2. The number of oxime groups is 1. The van der Waals surface area contributed by atoms with E-state index in [-0.39, 0.29) is 86.5 Å². The Morgan fingerprint density at radius 2 is 1.20 bits per heavy atom. The lowest BCUT2D eigenvalue weighted by molar-refractivity contribution is -0.145. The van der Waals surface area contributed by atoms with Crippen LogP contribution in [0.3, 0.4) is 0 Å². The number of carbonyl (C=O) groups excluding carboxylic acids is 11. The molecule has 11 amide bonds. The molecule has 2 aromatic carbocycles. The summed E-state index contributed by atoms with van der Waals surface area (Å²) >= 11 is 2.42. The normalized spacial score (nSPS) is 26.6. The van der Waals surface area contributed by atoms with Gasteiger partial charge in [0.2, 0.25) is 59.1 Å². The second-order valence-electron chi connectivity index (χ2n) is 24.5. The highest BCUT2D eigenvalue weighted by molar-refractivity contribution is 7.98. The van der Waals surface area contributed by atoms with E-state index in [1.165, 1.54) is 59.6 Å². The first kappa shape index (κ1) is 76.3. The van der Waals surface area contributed by atoms with Crippen molar-refractivity contribution in [2.24, 2.45) is 16.8 Å². The molecule has 96 heavy (non-hydrogen) atoms. The van der Waals surface area contributed by atoms with Crippen LogP contribution in [0.15, 0.2) is 47.6 Å². The molecule has 0 saturated carbocycles. The van der Waals surface area contributed by atoms with E-state index in [0.717, 1.165) is 30.9 Å². The molecule has 0 radical (unpaired) electrons. The number of carbonyl (C=O) groups is 13. The lowest BCUT2D eigenvalue weighted by Crippen LogP contribution is -2.62. The number of fused-ring (bicyclic) bond motifs is 7. The third-order valence-corrected chi connectivity index (χ3v) is 18.4. The van der Waals surface area contributed by atoms with E-state index in [1.54, 1.807) is 26.0 Å². The van der Waals surface area contributed by atoms with E-state index in [9.17, 15) is 82.8 Å². The van der Waals surface area contributed by atoms with Gasteiger partial charge in [-0.05, 0) is 125 Å². The van der Waals surface area contributed by atoms with Gasteiger partial charge in [0.05, 0.1) is 19.1 Å².